The molecule has 0 radical (unpaired) electrons. The number of esters is 1. The molecule has 0 aromatic rings. The van der Waals surface area contributed by atoms with Crippen LogP contribution in [0.1, 0.15) is 32.1 Å². The summed E-state index contributed by atoms with van der Waals surface area (Å²) in [6.07, 6.45) is 4.85. The Balaban J connectivity index is 1.59. The Bertz CT molecular complexity index is 211. The molecule has 0 aromatic carbocycles. The van der Waals surface area contributed by atoms with E-state index in [9.17, 15) is 4.79 Å². The summed E-state index contributed by atoms with van der Waals surface area (Å²) in [5.41, 5.74) is 0. The third kappa shape index (κ3) is 3.18. The molecule has 0 N–H and O–H groups in total. The molecule has 0 amide bonds. The van der Waals surface area contributed by atoms with Gasteiger partial charge in [0.1, 0.15) is 0 Å². The molecule has 4 nitrogen and oxygen atoms in total. The zero-order valence-corrected chi connectivity index (χ0v) is 8.94. The van der Waals surface area contributed by atoms with Crippen LogP contribution in [0.5, 0.6) is 0 Å². The Labute approximate surface area is 89.9 Å². The van der Waals surface area contributed by atoms with Crippen molar-refractivity contribution in [2.45, 2.75) is 38.4 Å². The molecular formula is C11H18O4. The Kier molecular flexibility index (Phi) is 3.97. The van der Waals surface area contributed by atoms with Crippen molar-refractivity contribution >= 4 is 5.97 Å². The molecule has 0 saturated carbocycles. The van der Waals surface area contributed by atoms with Gasteiger partial charge in [0.25, 0.3) is 0 Å². The molecule has 4 heteroatoms. The van der Waals surface area contributed by atoms with E-state index in [0.717, 1.165) is 32.3 Å². The molecule has 2 atom stereocenters. The van der Waals surface area contributed by atoms with Gasteiger partial charge >= 0.3 is 5.97 Å². The molecule has 2 aliphatic heterocycles. The average molecular weight is 214 g/mol. The number of rotatable bonds is 4. The summed E-state index contributed by atoms with van der Waals surface area (Å²) in [6, 6.07) is 0. The Morgan fingerprint density at radius 3 is 2.87 bits per heavy atom. The topological polar surface area (TPSA) is 44.8 Å². The molecule has 0 aromatic heterocycles. The first kappa shape index (κ1) is 10.9. The van der Waals surface area contributed by atoms with Crippen molar-refractivity contribution in [2.24, 2.45) is 5.92 Å². The van der Waals surface area contributed by atoms with Crippen LogP contribution in [0.25, 0.3) is 0 Å². The van der Waals surface area contributed by atoms with Crippen molar-refractivity contribution < 1.29 is 19.0 Å². The van der Waals surface area contributed by atoms with Crippen LogP contribution in [0, 0.1) is 5.92 Å². The van der Waals surface area contributed by atoms with Crippen LogP contribution in [0.15, 0.2) is 0 Å². The van der Waals surface area contributed by atoms with Gasteiger partial charge in [0, 0.05) is 6.61 Å². The van der Waals surface area contributed by atoms with Gasteiger partial charge in [-0.15, -0.1) is 0 Å². The maximum Gasteiger partial charge on any atom is 0.309 e. The normalized spacial score (nSPS) is 31.6. The van der Waals surface area contributed by atoms with E-state index < -0.39 is 0 Å². The van der Waals surface area contributed by atoms with Crippen LogP contribution >= 0.6 is 0 Å². The zero-order valence-electron chi connectivity index (χ0n) is 8.94. The second-order valence-electron chi connectivity index (χ2n) is 4.11. The fourth-order valence-electron chi connectivity index (χ4n) is 1.98. The van der Waals surface area contributed by atoms with Gasteiger partial charge in [-0.3, -0.25) is 4.79 Å². The Hall–Kier alpha value is -0.610. The fraction of sp³-hybridized carbons (Fsp3) is 0.909. The quantitative estimate of drug-likeness (QED) is 0.665. The van der Waals surface area contributed by atoms with Gasteiger partial charge in [-0.2, -0.15) is 0 Å². The van der Waals surface area contributed by atoms with Crippen molar-refractivity contribution in [3.63, 3.8) is 0 Å². The van der Waals surface area contributed by atoms with Crippen molar-refractivity contribution in [2.75, 3.05) is 19.8 Å². The minimum absolute atomic E-state index is 0.0452. The Morgan fingerprint density at radius 1 is 1.27 bits per heavy atom. The minimum Gasteiger partial charge on any atom is -0.465 e. The smallest absolute Gasteiger partial charge is 0.309 e. The van der Waals surface area contributed by atoms with E-state index in [1.54, 1.807) is 0 Å². The molecule has 86 valence electrons. The SMILES string of the molecule is O=C1OCC[C@@H]1CCO[C@H]1CCCCO1. The first-order valence-corrected chi connectivity index (χ1v) is 5.76. The predicted octanol–water partition coefficient (Wildman–Crippen LogP) is 1.48. The predicted molar refractivity (Wildman–Crippen MR) is 53.2 cm³/mol. The van der Waals surface area contributed by atoms with Gasteiger partial charge in [0.05, 0.1) is 19.1 Å². The fourth-order valence-corrected chi connectivity index (χ4v) is 1.98. The highest BCUT2D eigenvalue weighted by Gasteiger charge is 2.26. The van der Waals surface area contributed by atoms with E-state index in [2.05, 4.69) is 0 Å². The van der Waals surface area contributed by atoms with Crippen LogP contribution in [0.4, 0.5) is 0 Å². The van der Waals surface area contributed by atoms with E-state index in [0.29, 0.717) is 13.2 Å². The number of carbonyl (C=O) groups is 1. The molecule has 0 bridgehead atoms. The third-order valence-electron chi connectivity index (χ3n) is 2.95. The van der Waals surface area contributed by atoms with Gasteiger partial charge in [0.15, 0.2) is 6.29 Å². The summed E-state index contributed by atoms with van der Waals surface area (Å²) >= 11 is 0. The highest BCUT2D eigenvalue weighted by Crippen LogP contribution is 2.19. The lowest BCUT2D eigenvalue weighted by molar-refractivity contribution is -0.165. The summed E-state index contributed by atoms with van der Waals surface area (Å²) in [5.74, 6) is -0.0169. The summed E-state index contributed by atoms with van der Waals surface area (Å²) in [4.78, 5) is 11.1. The molecule has 0 unspecified atom stereocenters. The second-order valence-corrected chi connectivity index (χ2v) is 4.11. The highest BCUT2D eigenvalue weighted by molar-refractivity contribution is 5.74. The van der Waals surface area contributed by atoms with Crippen LogP contribution < -0.4 is 0 Å². The second kappa shape index (κ2) is 5.47. The molecule has 2 fully saturated rings. The number of ether oxygens (including phenoxy) is 3. The summed E-state index contributed by atoms with van der Waals surface area (Å²) in [5, 5.41) is 0. The van der Waals surface area contributed by atoms with Crippen molar-refractivity contribution in [1.82, 2.24) is 0 Å². The standard InChI is InChI=1S/C11H18O4/c12-11-9(5-8-15-11)4-7-14-10-3-1-2-6-13-10/h9-10H,1-8H2/t9-,10-/m0/s1. The van der Waals surface area contributed by atoms with Crippen molar-refractivity contribution in [3.8, 4) is 0 Å². The van der Waals surface area contributed by atoms with Crippen LogP contribution in [0.3, 0.4) is 0 Å². The van der Waals surface area contributed by atoms with Crippen LogP contribution in [0.2, 0.25) is 0 Å². The van der Waals surface area contributed by atoms with Crippen LogP contribution in [-0.4, -0.2) is 32.1 Å². The molecule has 2 rings (SSSR count). The minimum atomic E-state index is -0.0665. The number of cyclic esters (lactones) is 1. The average Bonchev–Trinajstić information content (AvgIpc) is 2.66. The van der Waals surface area contributed by atoms with Gasteiger partial charge in [-0.05, 0) is 32.1 Å². The monoisotopic (exact) mass is 214 g/mol. The van der Waals surface area contributed by atoms with E-state index in [4.69, 9.17) is 14.2 Å². The van der Waals surface area contributed by atoms with Gasteiger partial charge in [0.2, 0.25) is 0 Å². The number of carbonyl (C=O) groups excluding carboxylic acids is 1. The molecule has 15 heavy (non-hydrogen) atoms. The molecule has 2 aliphatic rings. The summed E-state index contributed by atoms with van der Waals surface area (Å²) in [7, 11) is 0. The van der Waals surface area contributed by atoms with Gasteiger partial charge in [-0.25, -0.2) is 0 Å². The lowest BCUT2D eigenvalue weighted by Crippen LogP contribution is -2.23. The maximum absolute atomic E-state index is 11.1. The largest absolute Gasteiger partial charge is 0.465 e. The first-order chi connectivity index (χ1) is 7.36. The van der Waals surface area contributed by atoms with E-state index >= 15 is 0 Å². The number of hydrogen-bond donors (Lipinski definition) is 0. The third-order valence-corrected chi connectivity index (χ3v) is 2.95. The van der Waals surface area contributed by atoms with E-state index in [1.807, 2.05) is 0 Å². The molecule has 0 aliphatic carbocycles. The van der Waals surface area contributed by atoms with E-state index in [1.165, 1.54) is 6.42 Å². The molecular weight excluding hydrogens is 196 g/mol. The zero-order chi connectivity index (χ0) is 10.5. The first-order valence-electron chi connectivity index (χ1n) is 5.76. The Morgan fingerprint density at radius 2 is 2.20 bits per heavy atom. The lowest BCUT2D eigenvalue weighted by Gasteiger charge is -2.22. The molecule has 0 spiro atoms. The molecule has 2 saturated heterocycles. The summed E-state index contributed by atoms with van der Waals surface area (Å²) in [6.45, 7) is 1.98. The van der Waals surface area contributed by atoms with E-state index in [-0.39, 0.29) is 18.2 Å². The van der Waals surface area contributed by atoms with Crippen LogP contribution in [-0.2, 0) is 19.0 Å². The summed E-state index contributed by atoms with van der Waals surface area (Å²) < 4.78 is 15.9. The lowest BCUT2D eigenvalue weighted by atomic mass is 10.1. The molecule has 2 heterocycles. The van der Waals surface area contributed by atoms with Crippen molar-refractivity contribution in [3.05, 3.63) is 0 Å². The van der Waals surface area contributed by atoms with Gasteiger partial charge in [-0.1, -0.05) is 0 Å². The maximum atomic E-state index is 11.1. The number of hydrogen-bond acceptors (Lipinski definition) is 4. The highest BCUT2D eigenvalue weighted by atomic mass is 16.7. The van der Waals surface area contributed by atoms with Gasteiger partial charge < -0.3 is 14.2 Å². The van der Waals surface area contributed by atoms with Crippen molar-refractivity contribution in [1.29, 1.82) is 0 Å².